The summed E-state index contributed by atoms with van der Waals surface area (Å²) in [6.07, 6.45) is 1.59. The van der Waals surface area contributed by atoms with E-state index >= 15 is 0 Å². The second kappa shape index (κ2) is 10.7. The van der Waals surface area contributed by atoms with Gasteiger partial charge >= 0.3 is 0 Å². The van der Waals surface area contributed by atoms with E-state index in [0.29, 0.717) is 16.1 Å². The number of amides is 2. The number of nitrogens with one attached hydrogen (secondary N) is 1. The van der Waals surface area contributed by atoms with Crippen LogP contribution in [0.25, 0.3) is 22.3 Å². The molecular weight excluding hydrogens is 517 g/mol. The maximum Gasteiger partial charge on any atom is 0.251 e. The quantitative estimate of drug-likeness (QED) is 0.317. The van der Waals surface area contributed by atoms with E-state index in [9.17, 15) is 14.0 Å². The number of para-hydroxylation sites is 1. The first kappa shape index (κ1) is 26.1. The molecule has 0 radical (unpaired) electrons. The van der Waals surface area contributed by atoms with Gasteiger partial charge in [-0.3, -0.25) is 19.5 Å². The van der Waals surface area contributed by atoms with Crippen LogP contribution in [-0.2, 0) is 16.1 Å². The second-order valence-corrected chi connectivity index (χ2v) is 10.9. The molecule has 2 amide bonds. The Bertz CT molecular complexity index is 1610. The Kier molecular flexibility index (Phi) is 7.16. The van der Waals surface area contributed by atoms with E-state index in [2.05, 4.69) is 25.7 Å². The number of carbonyl (C=O) groups is 2. The third-order valence-corrected chi connectivity index (χ3v) is 6.70. The van der Waals surface area contributed by atoms with Crippen LogP contribution in [0.4, 0.5) is 10.1 Å². The fraction of sp³-hybridized carbons (Fsp3) is 0.214. The molecule has 9 nitrogen and oxygen atoms in total. The van der Waals surface area contributed by atoms with Crippen molar-refractivity contribution in [2.24, 2.45) is 0 Å². The molecule has 5 rings (SSSR count). The fourth-order valence-electron chi connectivity index (χ4n) is 4.11. The highest BCUT2D eigenvalue weighted by Gasteiger charge is 2.35. The van der Waals surface area contributed by atoms with Crippen molar-refractivity contribution >= 4 is 39.7 Å². The zero-order chi connectivity index (χ0) is 27.6. The first-order chi connectivity index (χ1) is 18.7. The Hall–Kier alpha value is -4.51. The van der Waals surface area contributed by atoms with Crippen molar-refractivity contribution in [3.63, 3.8) is 0 Å². The van der Waals surface area contributed by atoms with Gasteiger partial charge in [-0.1, -0.05) is 24.3 Å². The number of pyridine rings is 1. The van der Waals surface area contributed by atoms with Crippen LogP contribution in [0.3, 0.4) is 0 Å². The number of halogens is 1. The summed E-state index contributed by atoms with van der Waals surface area (Å²) in [5.74, 6) is -0.890. The molecule has 39 heavy (non-hydrogen) atoms. The molecule has 0 bridgehead atoms. The van der Waals surface area contributed by atoms with Crippen molar-refractivity contribution < 1.29 is 14.0 Å². The first-order valence-electron chi connectivity index (χ1n) is 12.2. The third-order valence-electron chi connectivity index (χ3n) is 5.77. The number of tetrazole rings is 1. The molecule has 5 aromatic rings. The van der Waals surface area contributed by atoms with Gasteiger partial charge in [-0.15, -0.1) is 21.5 Å². The van der Waals surface area contributed by atoms with Crippen LogP contribution >= 0.6 is 11.3 Å². The topological polar surface area (TPSA) is 106 Å². The SMILES string of the molecule is CC(C)(C)NC(=O)C(c1cccs1)N(C(=O)Cn1nnc(-c2ccc(F)cc2)n1)c1cnc2ccccc2c1. The van der Waals surface area contributed by atoms with Crippen LogP contribution in [0, 0.1) is 5.82 Å². The molecule has 198 valence electrons. The van der Waals surface area contributed by atoms with Gasteiger partial charge in [0, 0.05) is 21.4 Å². The summed E-state index contributed by atoms with van der Waals surface area (Å²) in [5, 5.41) is 18.1. The Labute approximate surface area is 228 Å². The number of carbonyl (C=O) groups excluding carboxylic acids is 2. The lowest BCUT2D eigenvalue weighted by molar-refractivity contribution is -0.128. The van der Waals surface area contributed by atoms with Gasteiger partial charge in [-0.2, -0.15) is 4.80 Å². The Morgan fingerprint density at radius 3 is 2.56 bits per heavy atom. The summed E-state index contributed by atoms with van der Waals surface area (Å²) in [7, 11) is 0. The number of hydrogen-bond donors (Lipinski definition) is 1. The van der Waals surface area contributed by atoms with E-state index in [1.54, 1.807) is 6.20 Å². The minimum atomic E-state index is -0.959. The smallest absolute Gasteiger partial charge is 0.251 e. The molecule has 2 aromatic carbocycles. The number of hydrogen-bond acceptors (Lipinski definition) is 7. The molecule has 3 heterocycles. The van der Waals surface area contributed by atoms with Crippen LogP contribution in [0.2, 0.25) is 0 Å². The number of rotatable bonds is 7. The maximum absolute atomic E-state index is 14.0. The summed E-state index contributed by atoms with van der Waals surface area (Å²) >= 11 is 1.38. The van der Waals surface area contributed by atoms with Crippen molar-refractivity contribution in [2.75, 3.05) is 4.90 Å². The van der Waals surface area contributed by atoms with E-state index in [-0.39, 0.29) is 24.1 Å². The minimum Gasteiger partial charge on any atom is -0.349 e. The fourth-order valence-corrected chi connectivity index (χ4v) is 4.92. The van der Waals surface area contributed by atoms with Crippen molar-refractivity contribution in [3.05, 3.63) is 89.0 Å². The zero-order valence-electron chi connectivity index (χ0n) is 21.6. The second-order valence-electron chi connectivity index (χ2n) is 9.96. The van der Waals surface area contributed by atoms with E-state index in [1.807, 2.05) is 68.6 Å². The van der Waals surface area contributed by atoms with Gasteiger partial charge in [0.15, 0.2) is 0 Å². The average molecular weight is 544 g/mol. The van der Waals surface area contributed by atoms with Gasteiger partial charge in [0.1, 0.15) is 18.4 Å². The third kappa shape index (κ3) is 5.99. The normalized spacial score (nSPS) is 12.3. The Morgan fingerprint density at radius 2 is 1.85 bits per heavy atom. The van der Waals surface area contributed by atoms with Gasteiger partial charge in [0.05, 0.1) is 17.4 Å². The molecule has 0 fully saturated rings. The van der Waals surface area contributed by atoms with Crippen molar-refractivity contribution in [1.29, 1.82) is 0 Å². The van der Waals surface area contributed by atoms with Crippen molar-refractivity contribution in [3.8, 4) is 11.4 Å². The summed E-state index contributed by atoms with van der Waals surface area (Å²) in [6, 6.07) is 17.8. The largest absolute Gasteiger partial charge is 0.349 e. The Balaban J connectivity index is 1.55. The lowest BCUT2D eigenvalue weighted by atomic mass is 10.1. The van der Waals surface area contributed by atoms with Gasteiger partial charge in [-0.25, -0.2) is 4.39 Å². The molecule has 3 aromatic heterocycles. The number of aromatic nitrogens is 5. The predicted octanol–water partition coefficient (Wildman–Crippen LogP) is 4.78. The molecule has 1 N–H and O–H groups in total. The number of thiophene rings is 1. The number of anilines is 1. The summed E-state index contributed by atoms with van der Waals surface area (Å²) < 4.78 is 13.3. The maximum atomic E-state index is 14.0. The van der Waals surface area contributed by atoms with E-state index in [1.165, 1.54) is 40.5 Å². The molecular formula is C28H26FN7O2S. The first-order valence-corrected chi connectivity index (χ1v) is 13.1. The number of nitrogens with zero attached hydrogens (tertiary/aromatic N) is 6. The van der Waals surface area contributed by atoms with Gasteiger partial charge in [0.25, 0.3) is 5.91 Å². The Morgan fingerprint density at radius 1 is 1.08 bits per heavy atom. The molecule has 0 saturated carbocycles. The zero-order valence-corrected chi connectivity index (χ0v) is 22.4. The summed E-state index contributed by atoms with van der Waals surface area (Å²) in [4.78, 5) is 35.5. The van der Waals surface area contributed by atoms with E-state index in [4.69, 9.17) is 0 Å². The van der Waals surface area contributed by atoms with Crippen LogP contribution in [0.15, 0.2) is 78.3 Å². The minimum absolute atomic E-state index is 0.252. The summed E-state index contributed by atoms with van der Waals surface area (Å²) in [5.41, 5.74) is 1.26. The highest BCUT2D eigenvalue weighted by atomic mass is 32.1. The molecule has 1 atom stereocenters. The monoisotopic (exact) mass is 543 g/mol. The molecule has 1 unspecified atom stereocenters. The summed E-state index contributed by atoms with van der Waals surface area (Å²) in [6.45, 7) is 5.37. The molecule has 0 spiro atoms. The molecule has 0 aliphatic heterocycles. The number of benzene rings is 2. The van der Waals surface area contributed by atoms with Gasteiger partial charge < -0.3 is 5.32 Å². The van der Waals surface area contributed by atoms with Gasteiger partial charge in [0.2, 0.25) is 11.7 Å². The predicted molar refractivity (Wildman–Crippen MR) is 147 cm³/mol. The van der Waals surface area contributed by atoms with Crippen LogP contribution in [0.5, 0.6) is 0 Å². The van der Waals surface area contributed by atoms with Crippen molar-refractivity contribution in [2.45, 2.75) is 38.9 Å². The standard InChI is InChI=1S/C28H26FN7O2S/c1-28(2,3)31-27(38)25(23-9-6-14-39-23)36(21-15-19-7-4-5-8-22(19)30-16-21)24(37)17-35-33-26(32-34-35)18-10-12-20(29)13-11-18/h4-16,25H,17H2,1-3H3,(H,31,38). The van der Waals surface area contributed by atoms with Crippen LogP contribution in [-0.4, -0.2) is 42.5 Å². The van der Waals surface area contributed by atoms with E-state index < -0.39 is 17.5 Å². The molecule has 0 aliphatic carbocycles. The van der Waals surface area contributed by atoms with E-state index in [0.717, 1.165) is 15.7 Å². The van der Waals surface area contributed by atoms with Gasteiger partial charge in [-0.05, 0) is 73.8 Å². The van der Waals surface area contributed by atoms with Crippen LogP contribution < -0.4 is 10.2 Å². The molecule has 0 aliphatic rings. The van der Waals surface area contributed by atoms with Crippen LogP contribution in [0.1, 0.15) is 31.7 Å². The molecule has 0 saturated heterocycles. The molecule has 11 heteroatoms. The highest BCUT2D eigenvalue weighted by molar-refractivity contribution is 7.10. The van der Waals surface area contributed by atoms with Crippen molar-refractivity contribution in [1.82, 2.24) is 30.5 Å². The lowest BCUT2D eigenvalue weighted by Crippen LogP contribution is -2.50. The average Bonchev–Trinajstić information content (AvgIpc) is 3.59. The number of fused-ring (bicyclic) bond motifs is 1. The highest BCUT2D eigenvalue weighted by Crippen LogP contribution is 2.32. The lowest BCUT2D eigenvalue weighted by Gasteiger charge is -2.32.